The molecule has 1 amide bonds. The van der Waals surface area contributed by atoms with Crippen LogP contribution in [0.1, 0.15) is 12.0 Å². The van der Waals surface area contributed by atoms with Crippen molar-refractivity contribution in [3.05, 3.63) is 60.2 Å². The molecule has 1 saturated heterocycles. The molecule has 0 radical (unpaired) electrons. The summed E-state index contributed by atoms with van der Waals surface area (Å²) < 4.78 is 11.7. The largest absolute Gasteiger partial charge is 0.487 e. The van der Waals surface area contributed by atoms with Crippen LogP contribution in [-0.4, -0.2) is 36.1 Å². The van der Waals surface area contributed by atoms with Crippen LogP contribution in [-0.2, 0) is 11.2 Å². The predicted octanol–water partition coefficient (Wildman–Crippen LogP) is 2.67. The Morgan fingerprint density at radius 3 is 2.61 bits per heavy atom. The Labute approximate surface area is 135 Å². The first-order valence-corrected chi connectivity index (χ1v) is 8.04. The number of fused-ring (bicyclic) bond motifs is 1. The van der Waals surface area contributed by atoms with Gasteiger partial charge < -0.3 is 14.4 Å². The number of amides is 1. The Balaban J connectivity index is 1.32. The van der Waals surface area contributed by atoms with Crippen LogP contribution in [0.5, 0.6) is 11.5 Å². The second-order valence-electron chi connectivity index (χ2n) is 6.05. The Kier molecular flexibility index (Phi) is 3.66. The van der Waals surface area contributed by atoms with Gasteiger partial charge in [-0.25, -0.2) is 0 Å². The van der Waals surface area contributed by atoms with Crippen molar-refractivity contribution < 1.29 is 14.3 Å². The first-order chi connectivity index (χ1) is 11.3. The van der Waals surface area contributed by atoms with E-state index in [-0.39, 0.29) is 18.1 Å². The van der Waals surface area contributed by atoms with E-state index < -0.39 is 0 Å². The van der Waals surface area contributed by atoms with Crippen LogP contribution in [0.15, 0.2) is 54.6 Å². The fourth-order valence-corrected chi connectivity index (χ4v) is 3.09. The number of nitrogens with zero attached hydrogens (tertiary/aromatic N) is 1. The van der Waals surface area contributed by atoms with Crippen molar-refractivity contribution in [2.45, 2.75) is 25.0 Å². The maximum Gasteiger partial charge on any atom is 0.263 e. The van der Waals surface area contributed by atoms with E-state index in [9.17, 15) is 4.79 Å². The molecule has 0 spiro atoms. The van der Waals surface area contributed by atoms with Gasteiger partial charge in [-0.2, -0.15) is 0 Å². The lowest BCUT2D eigenvalue weighted by atomic mass is 10.0. The molecule has 0 saturated carbocycles. The maximum absolute atomic E-state index is 12.5. The summed E-state index contributed by atoms with van der Waals surface area (Å²) in [6.07, 6.45) is 1.36. The van der Waals surface area contributed by atoms with E-state index in [0.29, 0.717) is 13.1 Å². The van der Waals surface area contributed by atoms with Crippen molar-refractivity contribution in [2.75, 3.05) is 13.1 Å². The Morgan fingerprint density at radius 2 is 1.78 bits per heavy atom. The molecular formula is C19H19NO3. The van der Waals surface area contributed by atoms with Crippen LogP contribution in [0.3, 0.4) is 0 Å². The number of rotatable bonds is 3. The summed E-state index contributed by atoms with van der Waals surface area (Å²) in [5.41, 5.74) is 1.19. The molecule has 0 aromatic heterocycles. The van der Waals surface area contributed by atoms with Crippen molar-refractivity contribution in [1.82, 2.24) is 4.90 Å². The molecule has 118 valence electrons. The molecule has 2 aromatic rings. The van der Waals surface area contributed by atoms with E-state index in [4.69, 9.17) is 9.47 Å². The summed E-state index contributed by atoms with van der Waals surface area (Å²) in [7, 11) is 0. The topological polar surface area (TPSA) is 38.8 Å². The van der Waals surface area contributed by atoms with E-state index in [2.05, 4.69) is 6.07 Å². The van der Waals surface area contributed by atoms with Gasteiger partial charge in [-0.1, -0.05) is 36.4 Å². The number of hydrogen-bond acceptors (Lipinski definition) is 3. The summed E-state index contributed by atoms with van der Waals surface area (Å²) >= 11 is 0. The fourth-order valence-electron chi connectivity index (χ4n) is 3.09. The van der Waals surface area contributed by atoms with Crippen molar-refractivity contribution in [3.63, 3.8) is 0 Å². The number of ether oxygens (including phenoxy) is 2. The SMILES string of the molecule is O=C([C@@H]1CCc2ccccc2O1)N1CC(Oc2ccccc2)C1. The van der Waals surface area contributed by atoms with E-state index in [0.717, 1.165) is 24.3 Å². The summed E-state index contributed by atoms with van der Waals surface area (Å²) in [4.78, 5) is 14.4. The number of benzene rings is 2. The molecule has 0 bridgehead atoms. The van der Waals surface area contributed by atoms with Gasteiger partial charge in [0.2, 0.25) is 0 Å². The quantitative estimate of drug-likeness (QED) is 0.875. The van der Waals surface area contributed by atoms with Crippen LogP contribution in [0.2, 0.25) is 0 Å². The lowest BCUT2D eigenvalue weighted by Gasteiger charge is -2.41. The third-order valence-electron chi connectivity index (χ3n) is 4.40. The highest BCUT2D eigenvalue weighted by atomic mass is 16.5. The predicted molar refractivity (Wildman–Crippen MR) is 86.6 cm³/mol. The number of likely N-dealkylation sites (tertiary alicyclic amines) is 1. The number of aryl methyl sites for hydroxylation is 1. The maximum atomic E-state index is 12.5. The summed E-state index contributed by atoms with van der Waals surface area (Å²) in [6.45, 7) is 1.27. The number of carbonyl (C=O) groups excluding carboxylic acids is 1. The van der Waals surface area contributed by atoms with Gasteiger partial charge in [-0.15, -0.1) is 0 Å². The monoisotopic (exact) mass is 309 g/mol. The molecule has 1 fully saturated rings. The first kappa shape index (κ1) is 14.1. The average Bonchev–Trinajstić information content (AvgIpc) is 2.57. The zero-order valence-electron chi connectivity index (χ0n) is 12.9. The van der Waals surface area contributed by atoms with Gasteiger partial charge in [0, 0.05) is 0 Å². The van der Waals surface area contributed by atoms with Crippen molar-refractivity contribution in [3.8, 4) is 11.5 Å². The zero-order chi connectivity index (χ0) is 15.6. The minimum atomic E-state index is -0.359. The molecule has 0 N–H and O–H groups in total. The van der Waals surface area contributed by atoms with Crippen molar-refractivity contribution in [1.29, 1.82) is 0 Å². The second-order valence-corrected chi connectivity index (χ2v) is 6.05. The van der Waals surface area contributed by atoms with Crippen LogP contribution in [0.4, 0.5) is 0 Å². The Morgan fingerprint density at radius 1 is 1.04 bits per heavy atom. The lowest BCUT2D eigenvalue weighted by Crippen LogP contribution is -2.59. The fraction of sp³-hybridized carbons (Fsp3) is 0.316. The van der Waals surface area contributed by atoms with Crippen LogP contribution in [0.25, 0.3) is 0 Å². The Bertz CT molecular complexity index is 695. The normalized spacial score (nSPS) is 20.2. The summed E-state index contributed by atoms with van der Waals surface area (Å²) in [5, 5.41) is 0. The number of carbonyl (C=O) groups is 1. The van der Waals surface area contributed by atoms with Crippen molar-refractivity contribution >= 4 is 5.91 Å². The van der Waals surface area contributed by atoms with Gasteiger partial charge in [0.15, 0.2) is 6.10 Å². The smallest absolute Gasteiger partial charge is 0.263 e. The van der Waals surface area contributed by atoms with E-state index in [1.54, 1.807) is 0 Å². The van der Waals surface area contributed by atoms with Gasteiger partial charge in [-0.3, -0.25) is 4.79 Å². The lowest BCUT2D eigenvalue weighted by molar-refractivity contribution is -0.148. The molecule has 4 nitrogen and oxygen atoms in total. The molecule has 2 aromatic carbocycles. The van der Waals surface area contributed by atoms with Crippen LogP contribution >= 0.6 is 0 Å². The molecule has 23 heavy (non-hydrogen) atoms. The molecule has 1 atom stereocenters. The van der Waals surface area contributed by atoms with Gasteiger partial charge >= 0.3 is 0 Å². The van der Waals surface area contributed by atoms with Gasteiger partial charge in [-0.05, 0) is 36.6 Å². The molecule has 4 heteroatoms. The number of hydrogen-bond donors (Lipinski definition) is 0. The highest BCUT2D eigenvalue weighted by molar-refractivity contribution is 5.82. The first-order valence-electron chi connectivity index (χ1n) is 8.04. The molecule has 2 heterocycles. The third kappa shape index (κ3) is 2.89. The summed E-state index contributed by atoms with van der Waals surface area (Å²) in [6, 6.07) is 17.7. The van der Waals surface area contributed by atoms with Crippen LogP contribution < -0.4 is 9.47 Å². The standard InChI is InChI=1S/C19H19NO3/c21-19(18-11-10-14-6-4-5-9-17(14)23-18)20-12-16(13-20)22-15-7-2-1-3-8-15/h1-9,16,18H,10-13H2/t18-/m0/s1. The highest BCUT2D eigenvalue weighted by Crippen LogP contribution is 2.29. The highest BCUT2D eigenvalue weighted by Gasteiger charge is 2.37. The second kappa shape index (κ2) is 5.95. The molecule has 4 rings (SSSR count). The molecule has 2 aliphatic rings. The minimum absolute atomic E-state index is 0.0763. The zero-order valence-corrected chi connectivity index (χ0v) is 12.9. The third-order valence-corrected chi connectivity index (χ3v) is 4.40. The van der Waals surface area contributed by atoms with Gasteiger partial charge in [0.25, 0.3) is 5.91 Å². The Hall–Kier alpha value is -2.49. The molecular weight excluding hydrogens is 290 g/mol. The summed E-state index contributed by atoms with van der Waals surface area (Å²) in [5.74, 6) is 1.77. The number of para-hydroxylation sites is 2. The van der Waals surface area contributed by atoms with Gasteiger partial charge in [0.1, 0.15) is 17.6 Å². The van der Waals surface area contributed by atoms with Gasteiger partial charge in [0.05, 0.1) is 13.1 Å². The van der Waals surface area contributed by atoms with Crippen molar-refractivity contribution in [2.24, 2.45) is 0 Å². The molecule has 0 aliphatic carbocycles. The van der Waals surface area contributed by atoms with Crippen LogP contribution in [0, 0.1) is 0 Å². The average molecular weight is 309 g/mol. The molecule has 2 aliphatic heterocycles. The van der Waals surface area contributed by atoms with E-state index >= 15 is 0 Å². The van der Waals surface area contributed by atoms with E-state index in [1.807, 2.05) is 53.4 Å². The van der Waals surface area contributed by atoms with E-state index in [1.165, 1.54) is 5.56 Å². The minimum Gasteiger partial charge on any atom is -0.487 e. The molecule has 0 unspecified atom stereocenters.